The Balaban J connectivity index is 1.43. The molecule has 1 aromatic heterocycles. The molecule has 5 nitrogen and oxygen atoms in total. The van der Waals surface area contributed by atoms with E-state index in [2.05, 4.69) is 15.5 Å². The normalized spacial score (nSPS) is 36.7. The fourth-order valence-electron chi connectivity index (χ4n) is 5.34. The summed E-state index contributed by atoms with van der Waals surface area (Å²) in [6, 6.07) is 2.82. The van der Waals surface area contributed by atoms with Crippen LogP contribution in [0.3, 0.4) is 0 Å². The maximum atomic E-state index is 12.2. The van der Waals surface area contributed by atoms with Crippen LogP contribution in [0.25, 0.3) is 0 Å². The first-order valence-electron chi connectivity index (χ1n) is 7.96. The number of hydrogen-bond acceptors (Lipinski definition) is 3. The lowest BCUT2D eigenvalue weighted by Crippen LogP contribution is -2.51. The van der Waals surface area contributed by atoms with Crippen LogP contribution in [0.2, 0.25) is 0 Å². The van der Waals surface area contributed by atoms with Crippen LogP contribution in [0.5, 0.6) is 0 Å². The van der Waals surface area contributed by atoms with Crippen molar-refractivity contribution < 1.29 is 4.79 Å². The first-order valence-corrected chi connectivity index (χ1v) is 7.96. The van der Waals surface area contributed by atoms with Gasteiger partial charge in [0.2, 0.25) is 0 Å². The van der Waals surface area contributed by atoms with Crippen molar-refractivity contribution in [3.8, 4) is 0 Å². The van der Waals surface area contributed by atoms with Gasteiger partial charge in [0, 0.05) is 12.6 Å². The first kappa shape index (κ1) is 13.0. The zero-order valence-electron chi connectivity index (χ0n) is 12.1. The van der Waals surface area contributed by atoms with E-state index in [1.807, 2.05) is 0 Å². The molecule has 1 aromatic rings. The largest absolute Gasteiger partial charge is 0.350 e. The molecule has 4 bridgehead atoms. The molecule has 2 N–H and O–H groups in total. The summed E-state index contributed by atoms with van der Waals surface area (Å²) in [7, 11) is 0. The second-order valence-electron chi connectivity index (χ2n) is 7.41. The molecule has 5 heteroatoms. The molecule has 4 aliphatic rings. The first-order chi connectivity index (χ1) is 10.1. The Kier molecular flexibility index (Phi) is 2.91. The Bertz CT molecular complexity index is 566. The standard InChI is InChI=1S/C16H21N3O2/c20-14-2-1-13(18-19-14)15(21)17-9-16-6-10-3-11(7-16)5-12(4-10)8-16/h1-2,10-12H,3-9H2,(H,17,21)(H,19,20). The molecule has 4 saturated carbocycles. The van der Waals surface area contributed by atoms with E-state index in [0.29, 0.717) is 11.1 Å². The quantitative estimate of drug-likeness (QED) is 0.888. The van der Waals surface area contributed by atoms with Gasteiger partial charge in [-0.25, -0.2) is 5.10 Å². The second kappa shape index (κ2) is 4.68. The number of aromatic amines is 1. The average Bonchev–Trinajstić information content (AvgIpc) is 2.44. The lowest BCUT2D eigenvalue weighted by atomic mass is 9.49. The molecule has 0 aliphatic heterocycles. The molecule has 4 fully saturated rings. The van der Waals surface area contributed by atoms with Crippen LogP contribution in [0.1, 0.15) is 49.0 Å². The Hall–Kier alpha value is -1.65. The molecule has 21 heavy (non-hydrogen) atoms. The van der Waals surface area contributed by atoms with E-state index in [0.717, 1.165) is 24.3 Å². The highest BCUT2D eigenvalue weighted by Crippen LogP contribution is 2.59. The van der Waals surface area contributed by atoms with Crippen LogP contribution in [-0.2, 0) is 0 Å². The van der Waals surface area contributed by atoms with Crippen LogP contribution in [0.15, 0.2) is 16.9 Å². The zero-order valence-corrected chi connectivity index (χ0v) is 12.1. The highest BCUT2D eigenvalue weighted by atomic mass is 16.2. The lowest BCUT2D eigenvalue weighted by molar-refractivity contribution is -0.0503. The molecule has 1 heterocycles. The average molecular weight is 287 g/mol. The third-order valence-corrected chi connectivity index (χ3v) is 5.70. The van der Waals surface area contributed by atoms with Crippen molar-refractivity contribution >= 4 is 5.91 Å². The minimum atomic E-state index is -0.285. The third-order valence-electron chi connectivity index (χ3n) is 5.70. The van der Waals surface area contributed by atoms with E-state index in [1.165, 1.54) is 50.7 Å². The lowest BCUT2D eigenvalue weighted by Gasteiger charge is -2.56. The summed E-state index contributed by atoms with van der Waals surface area (Å²) in [4.78, 5) is 23.1. The highest BCUT2D eigenvalue weighted by molar-refractivity contribution is 5.91. The number of H-pyrrole nitrogens is 1. The number of nitrogens with zero attached hydrogens (tertiary/aromatic N) is 1. The molecular formula is C16H21N3O2. The van der Waals surface area contributed by atoms with E-state index in [-0.39, 0.29) is 11.5 Å². The molecule has 0 radical (unpaired) electrons. The molecule has 0 aromatic carbocycles. The number of carbonyl (C=O) groups is 1. The molecule has 112 valence electrons. The fourth-order valence-corrected chi connectivity index (χ4v) is 5.34. The van der Waals surface area contributed by atoms with E-state index in [4.69, 9.17) is 0 Å². The van der Waals surface area contributed by atoms with Crippen molar-refractivity contribution in [2.75, 3.05) is 6.54 Å². The maximum absolute atomic E-state index is 12.2. The van der Waals surface area contributed by atoms with Crippen LogP contribution >= 0.6 is 0 Å². The summed E-state index contributed by atoms with van der Waals surface area (Å²) in [5.74, 6) is 2.49. The number of carbonyl (C=O) groups excluding carboxylic acids is 1. The van der Waals surface area contributed by atoms with Gasteiger partial charge in [0.05, 0.1) is 0 Å². The number of hydrogen-bond donors (Lipinski definition) is 2. The second-order valence-corrected chi connectivity index (χ2v) is 7.41. The number of rotatable bonds is 3. The predicted octanol–water partition coefficient (Wildman–Crippen LogP) is 1.72. The SMILES string of the molecule is O=C(NCC12CC3CC(CC(C3)C1)C2)c1ccc(=O)[nH]n1. The molecule has 0 unspecified atom stereocenters. The molecule has 0 atom stereocenters. The molecule has 0 saturated heterocycles. The monoisotopic (exact) mass is 287 g/mol. The van der Waals surface area contributed by atoms with Gasteiger partial charge in [-0.05, 0) is 67.8 Å². The Labute approximate surface area is 123 Å². The summed E-state index contributed by atoms with van der Waals surface area (Å²) < 4.78 is 0. The Morgan fingerprint density at radius 1 is 1.19 bits per heavy atom. The van der Waals surface area contributed by atoms with Gasteiger partial charge in [0.25, 0.3) is 11.5 Å². The van der Waals surface area contributed by atoms with Crippen LogP contribution in [0, 0.1) is 23.2 Å². The van der Waals surface area contributed by atoms with Crippen LogP contribution < -0.4 is 10.9 Å². The Morgan fingerprint density at radius 3 is 2.33 bits per heavy atom. The smallest absolute Gasteiger partial charge is 0.271 e. The van der Waals surface area contributed by atoms with E-state index >= 15 is 0 Å². The minimum absolute atomic E-state index is 0.179. The zero-order chi connectivity index (χ0) is 14.4. The van der Waals surface area contributed by atoms with Gasteiger partial charge in [-0.15, -0.1) is 0 Å². The van der Waals surface area contributed by atoms with Crippen molar-refractivity contribution in [3.63, 3.8) is 0 Å². The topological polar surface area (TPSA) is 74.8 Å². The van der Waals surface area contributed by atoms with Gasteiger partial charge in [0.15, 0.2) is 0 Å². The summed E-state index contributed by atoms with van der Waals surface area (Å²) in [6.45, 7) is 0.760. The fraction of sp³-hybridized carbons (Fsp3) is 0.688. The summed E-state index contributed by atoms with van der Waals surface area (Å²) in [5.41, 5.74) is 0.332. The van der Waals surface area contributed by atoms with Gasteiger partial charge in [-0.2, -0.15) is 5.10 Å². The number of aromatic nitrogens is 2. The number of amides is 1. The van der Waals surface area contributed by atoms with Gasteiger partial charge >= 0.3 is 0 Å². The van der Waals surface area contributed by atoms with E-state index in [9.17, 15) is 9.59 Å². The van der Waals surface area contributed by atoms with Crippen molar-refractivity contribution in [2.24, 2.45) is 23.2 Å². The van der Waals surface area contributed by atoms with Gasteiger partial charge < -0.3 is 5.32 Å². The minimum Gasteiger partial charge on any atom is -0.350 e. The van der Waals surface area contributed by atoms with Crippen molar-refractivity contribution in [2.45, 2.75) is 38.5 Å². The highest BCUT2D eigenvalue weighted by Gasteiger charge is 2.50. The molecule has 5 rings (SSSR count). The van der Waals surface area contributed by atoms with E-state index in [1.54, 1.807) is 0 Å². The van der Waals surface area contributed by atoms with Gasteiger partial charge in [0.1, 0.15) is 5.69 Å². The Morgan fingerprint density at radius 2 is 1.81 bits per heavy atom. The molecule has 1 amide bonds. The summed E-state index contributed by atoms with van der Waals surface area (Å²) in [6.07, 6.45) is 8.06. The summed E-state index contributed by atoms with van der Waals surface area (Å²) in [5, 5.41) is 9.15. The molecular weight excluding hydrogens is 266 g/mol. The third kappa shape index (κ3) is 2.39. The molecule has 4 aliphatic carbocycles. The van der Waals surface area contributed by atoms with Crippen molar-refractivity contribution in [1.29, 1.82) is 0 Å². The number of nitrogens with one attached hydrogen (secondary N) is 2. The summed E-state index contributed by atoms with van der Waals surface area (Å²) >= 11 is 0. The molecule has 0 spiro atoms. The van der Waals surface area contributed by atoms with Crippen molar-refractivity contribution in [3.05, 3.63) is 28.2 Å². The van der Waals surface area contributed by atoms with Gasteiger partial charge in [-0.1, -0.05) is 0 Å². The van der Waals surface area contributed by atoms with Crippen molar-refractivity contribution in [1.82, 2.24) is 15.5 Å². The predicted molar refractivity (Wildman–Crippen MR) is 77.8 cm³/mol. The van der Waals surface area contributed by atoms with E-state index < -0.39 is 0 Å². The van der Waals surface area contributed by atoms with Gasteiger partial charge in [-0.3, -0.25) is 9.59 Å². The van der Waals surface area contributed by atoms with Crippen LogP contribution in [0.4, 0.5) is 0 Å². The van der Waals surface area contributed by atoms with Crippen LogP contribution in [-0.4, -0.2) is 22.6 Å². The maximum Gasteiger partial charge on any atom is 0.271 e.